The van der Waals surface area contributed by atoms with Crippen LogP contribution in [0.15, 0.2) is 35.4 Å². The van der Waals surface area contributed by atoms with Gasteiger partial charge in [-0.2, -0.15) is 0 Å². The van der Waals surface area contributed by atoms with Gasteiger partial charge in [0.1, 0.15) is 0 Å². The Kier molecular flexibility index (Phi) is 5.46. The summed E-state index contributed by atoms with van der Waals surface area (Å²) in [5, 5.41) is 5.73. The summed E-state index contributed by atoms with van der Waals surface area (Å²) in [6, 6.07) is 7.09. The number of fused-ring (bicyclic) bond motifs is 1. The van der Waals surface area contributed by atoms with Crippen molar-refractivity contribution in [3.05, 3.63) is 40.9 Å². The molecule has 0 unspecified atom stereocenters. The number of carbonyl (C=O) groups excluding carboxylic acids is 2. The Morgan fingerprint density at radius 3 is 2.70 bits per heavy atom. The van der Waals surface area contributed by atoms with Crippen LogP contribution in [0.3, 0.4) is 0 Å². The average molecular weight is 316 g/mol. The molecular formula is C16H20N4O3. The molecule has 2 amide bonds. The van der Waals surface area contributed by atoms with Gasteiger partial charge in [-0.3, -0.25) is 19.0 Å². The minimum absolute atomic E-state index is 0.0293. The highest BCUT2D eigenvalue weighted by atomic mass is 16.2. The third-order valence-corrected chi connectivity index (χ3v) is 3.21. The lowest BCUT2D eigenvalue weighted by Crippen LogP contribution is -2.40. The van der Waals surface area contributed by atoms with E-state index in [2.05, 4.69) is 15.6 Å². The van der Waals surface area contributed by atoms with E-state index in [1.165, 1.54) is 10.9 Å². The van der Waals surface area contributed by atoms with E-state index in [1.54, 1.807) is 18.2 Å². The van der Waals surface area contributed by atoms with Crippen molar-refractivity contribution in [1.29, 1.82) is 0 Å². The average Bonchev–Trinajstić information content (AvgIpc) is 2.52. The van der Waals surface area contributed by atoms with E-state index in [4.69, 9.17) is 0 Å². The zero-order valence-electron chi connectivity index (χ0n) is 13.2. The Balaban J connectivity index is 1.91. The van der Waals surface area contributed by atoms with Crippen molar-refractivity contribution in [3.63, 3.8) is 0 Å². The molecule has 0 aliphatic rings. The number of nitrogens with one attached hydrogen (secondary N) is 2. The molecule has 0 spiro atoms. The Bertz CT molecular complexity index is 767. The molecule has 0 saturated carbocycles. The van der Waals surface area contributed by atoms with Crippen LogP contribution in [0.5, 0.6) is 0 Å². The van der Waals surface area contributed by atoms with Gasteiger partial charge in [-0.15, -0.1) is 0 Å². The fraction of sp³-hybridized carbons (Fsp3) is 0.375. The third kappa shape index (κ3) is 4.64. The van der Waals surface area contributed by atoms with E-state index in [0.717, 1.165) is 0 Å². The van der Waals surface area contributed by atoms with Gasteiger partial charge in [0.15, 0.2) is 0 Å². The number of rotatable bonds is 6. The van der Waals surface area contributed by atoms with Crippen LogP contribution in [0.1, 0.15) is 20.3 Å². The van der Waals surface area contributed by atoms with E-state index in [0.29, 0.717) is 10.9 Å². The summed E-state index contributed by atoms with van der Waals surface area (Å²) in [4.78, 5) is 39.6. The Morgan fingerprint density at radius 1 is 1.22 bits per heavy atom. The van der Waals surface area contributed by atoms with Crippen LogP contribution >= 0.6 is 0 Å². The van der Waals surface area contributed by atoms with Gasteiger partial charge in [0.05, 0.1) is 23.8 Å². The second-order valence-corrected chi connectivity index (χ2v) is 5.51. The smallest absolute Gasteiger partial charge is 0.261 e. The van der Waals surface area contributed by atoms with Crippen molar-refractivity contribution >= 4 is 22.7 Å². The lowest BCUT2D eigenvalue weighted by atomic mass is 10.2. The van der Waals surface area contributed by atoms with Crippen molar-refractivity contribution < 1.29 is 9.59 Å². The fourth-order valence-corrected chi connectivity index (χ4v) is 2.13. The molecule has 1 aromatic carbocycles. The first kappa shape index (κ1) is 16.7. The zero-order chi connectivity index (χ0) is 16.8. The molecule has 7 nitrogen and oxygen atoms in total. The fourth-order valence-electron chi connectivity index (χ4n) is 2.13. The number of nitrogens with zero attached hydrogens (tertiary/aromatic N) is 2. The van der Waals surface area contributed by atoms with E-state index in [-0.39, 0.29) is 42.9 Å². The van der Waals surface area contributed by atoms with Gasteiger partial charge in [-0.1, -0.05) is 12.1 Å². The number of carbonyl (C=O) groups is 2. The molecular weight excluding hydrogens is 296 g/mol. The molecule has 0 bridgehead atoms. The normalized spacial score (nSPS) is 10.7. The molecule has 0 aliphatic carbocycles. The molecule has 0 aliphatic heterocycles. The minimum atomic E-state index is -0.288. The van der Waals surface area contributed by atoms with Crippen LogP contribution in [-0.2, 0) is 16.1 Å². The van der Waals surface area contributed by atoms with Gasteiger partial charge in [-0.05, 0) is 26.0 Å². The van der Waals surface area contributed by atoms with E-state index >= 15 is 0 Å². The van der Waals surface area contributed by atoms with Crippen molar-refractivity contribution in [2.45, 2.75) is 32.9 Å². The van der Waals surface area contributed by atoms with Crippen LogP contribution in [0.4, 0.5) is 0 Å². The first-order valence-corrected chi connectivity index (χ1v) is 7.47. The van der Waals surface area contributed by atoms with Gasteiger partial charge in [-0.25, -0.2) is 4.98 Å². The first-order chi connectivity index (χ1) is 11.0. The Morgan fingerprint density at radius 2 is 1.96 bits per heavy atom. The second-order valence-electron chi connectivity index (χ2n) is 5.51. The molecule has 23 heavy (non-hydrogen) atoms. The monoisotopic (exact) mass is 316 g/mol. The Hall–Kier alpha value is -2.70. The quantitative estimate of drug-likeness (QED) is 0.808. The molecule has 122 valence electrons. The third-order valence-electron chi connectivity index (χ3n) is 3.21. The van der Waals surface area contributed by atoms with Crippen LogP contribution in [0, 0.1) is 0 Å². The molecule has 0 radical (unpaired) electrons. The number of aryl methyl sites for hydroxylation is 1. The van der Waals surface area contributed by atoms with E-state index in [9.17, 15) is 14.4 Å². The lowest BCUT2D eigenvalue weighted by Gasteiger charge is -2.10. The highest BCUT2D eigenvalue weighted by molar-refractivity contribution is 5.84. The predicted octanol–water partition coefficient (Wildman–Crippen LogP) is 0.427. The van der Waals surface area contributed by atoms with Crippen molar-refractivity contribution in [1.82, 2.24) is 20.2 Å². The molecule has 2 rings (SSSR count). The zero-order valence-corrected chi connectivity index (χ0v) is 13.2. The van der Waals surface area contributed by atoms with Crippen molar-refractivity contribution in [2.24, 2.45) is 0 Å². The summed E-state index contributed by atoms with van der Waals surface area (Å²) >= 11 is 0. The molecule has 1 heterocycles. The molecule has 2 aromatic rings. The predicted molar refractivity (Wildman–Crippen MR) is 86.9 cm³/mol. The molecule has 0 saturated heterocycles. The summed E-state index contributed by atoms with van der Waals surface area (Å²) in [5.41, 5.74) is 0.449. The molecule has 7 heteroatoms. The van der Waals surface area contributed by atoms with Crippen LogP contribution in [0.25, 0.3) is 10.9 Å². The number of para-hydroxylation sites is 1. The van der Waals surface area contributed by atoms with Crippen LogP contribution in [-0.4, -0.2) is 34.0 Å². The SMILES string of the molecule is CC(C)NC(=O)CNC(=O)CCn1cnc2ccccc2c1=O. The topological polar surface area (TPSA) is 93.1 Å². The maximum Gasteiger partial charge on any atom is 0.261 e. The first-order valence-electron chi connectivity index (χ1n) is 7.47. The van der Waals surface area contributed by atoms with Gasteiger partial charge >= 0.3 is 0 Å². The van der Waals surface area contributed by atoms with Crippen molar-refractivity contribution in [2.75, 3.05) is 6.54 Å². The maximum atomic E-state index is 12.3. The maximum absolute atomic E-state index is 12.3. The van der Waals surface area contributed by atoms with Gasteiger partial charge in [0.2, 0.25) is 11.8 Å². The molecule has 1 aromatic heterocycles. The summed E-state index contributed by atoms with van der Waals surface area (Å²) < 4.78 is 1.40. The minimum Gasteiger partial charge on any atom is -0.352 e. The number of hydrogen-bond donors (Lipinski definition) is 2. The van der Waals surface area contributed by atoms with Crippen molar-refractivity contribution in [3.8, 4) is 0 Å². The summed E-state index contributed by atoms with van der Waals surface area (Å²) in [7, 11) is 0. The van der Waals surface area contributed by atoms with Gasteiger partial charge in [0.25, 0.3) is 5.56 Å². The van der Waals surface area contributed by atoms with Crippen LogP contribution < -0.4 is 16.2 Å². The van der Waals surface area contributed by atoms with Crippen LogP contribution in [0.2, 0.25) is 0 Å². The van der Waals surface area contributed by atoms with Gasteiger partial charge < -0.3 is 10.6 Å². The largest absolute Gasteiger partial charge is 0.352 e. The molecule has 0 fully saturated rings. The van der Waals surface area contributed by atoms with Gasteiger partial charge in [0, 0.05) is 19.0 Å². The summed E-state index contributed by atoms with van der Waals surface area (Å²) in [6.45, 7) is 3.84. The molecule has 0 atom stereocenters. The van der Waals surface area contributed by atoms with E-state index < -0.39 is 0 Å². The number of amides is 2. The standard InChI is InChI=1S/C16H20N4O3/c1-11(2)19-15(22)9-17-14(21)7-8-20-10-18-13-6-4-3-5-12(13)16(20)23/h3-6,10-11H,7-9H2,1-2H3,(H,17,21)(H,19,22). The number of aromatic nitrogens is 2. The lowest BCUT2D eigenvalue weighted by molar-refractivity contribution is -0.126. The highest BCUT2D eigenvalue weighted by Gasteiger charge is 2.08. The second kappa shape index (κ2) is 7.53. The number of benzene rings is 1. The van der Waals surface area contributed by atoms with E-state index in [1.807, 2.05) is 19.9 Å². The summed E-state index contributed by atoms with van der Waals surface area (Å²) in [5.74, 6) is -0.526. The number of hydrogen-bond acceptors (Lipinski definition) is 4. The molecule has 2 N–H and O–H groups in total. The Labute approximate surface area is 133 Å². The highest BCUT2D eigenvalue weighted by Crippen LogP contribution is 2.04. The summed E-state index contributed by atoms with van der Waals surface area (Å²) in [6.07, 6.45) is 1.54.